The first-order valence-electron chi connectivity index (χ1n) is 7.84. The van der Waals surface area contributed by atoms with Gasteiger partial charge in [-0.25, -0.2) is 0 Å². The highest BCUT2D eigenvalue weighted by atomic mass is 16.5. The molecule has 0 saturated heterocycles. The number of ether oxygens (including phenoxy) is 1. The van der Waals surface area contributed by atoms with E-state index < -0.39 is 0 Å². The van der Waals surface area contributed by atoms with Gasteiger partial charge in [0.1, 0.15) is 11.4 Å². The average molecular weight is 313 g/mol. The summed E-state index contributed by atoms with van der Waals surface area (Å²) in [5.41, 5.74) is 2.33. The zero-order valence-electron chi connectivity index (χ0n) is 13.6. The number of aromatic nitrogens is 1. The molecule has 0 atom stereocenters. The maximum atomic E-state index is 12.0. The molecular formula is C18H23N3O2. The van der Waals surface area contributed by atoms with Crippen molar-refractivity contribution in [2.24, 2.45) is 0 Å². The highest BCUT2D eigenvalue weighted by molar-refractivity contribution is 5.93. The molecule has 1 amide bonds. The number of unbranched alkanes of at least 4 members (excludes halogenated alkanes) is 1. The lowest BCUT2D eigenvalue weighted by Gasteiger charge is -2.11. The molecule has 1 heterocycles. The van der Waals surface area contributed by atoms with Crippen LogP contribution in [0.3, 0.4) is 0 Å². The normalized spacial score (nSPS) is 10.2. The number of hydrogen-bond acceptors (Lipinski definition) is 4. The SMILES string of the molecule is CCCCNC(=O)c1cc(NCc2ccccc2OC)ccn1. The molecule has 0 aliphatic rings. The summed E-state index contributed by atoms with van der Waals surface area (Å²) in [5.74, 6) is 0.700. The number of nitrogens with one attached hydrogen (secondary N) is 2. The number of pyridine rings is 1. The monoisotopic (exact) mass is 313 g/mol. The lowest BCUT2D eigenvalue weighted by molar-refractivity contribution is 0.0948. The zero-order chi connectivity index (χ0) is 16.5. The van der Waals surface area contributed by atoms with E-state index in [1.54, 1.807) is 19.4 Å². The Labute approximate surface area is 137 Å². The molecule has 0 fully saturated rings. The predicted octanol–water partition coefficient (Wildman–Crippen LogP) is 3.23. The van der Waals surface area contributed by atoms with Crippen LogP contribution in [0.5, 0.6) is 5.75 Å². The largest absolute Gasteiger partial charge is 0.496 e. The van der Waals surface area contributed by atoms with Gasteiger partial charge in [0, 0.05) is 30.5 Å². The first-order valence-corrected chi connectivity index (χ1v) is 7.84. The molecule has 1 aromatic heterocycles. The second-order valence-corrected chi connectivity index (χ2v) is 5.20. The summed E-state index contributed by atoms with van der Waals surface area (Å²) in [6.45, 7) is 3.38. The summed E-state index contributed by atoms with van der Waals surface area (Å²) < 4.78 is 5.33. The van der Waals surface area contributed by atoms with E-state index in [0.717, 1.165) is 29.8 Å². The second kappa shape index (κ2) is 8.78. The Kier molecular flexibility index (Phi) is 6.41. The number of hydrogen-bond donors (Lipinski definition) is 2. The quantitative estimate of drug-likeness (QED) is 0.734. The van der Waals surface area contributed by atoms with Crippen molar-refractivity contribution in [3.05, 3.63) is 53.9 Å². The minimum absolute atomic E-state index is 0.139. The smallest absolute Gasteiger partial charge is 0.269 e. The molecule has 0 bridgehead atoms. The van der Waals surface area contributed by atoms with Gasteiger partial charge in [-0.3, -0.25) is 9.78 Å². The van der Waals surface area contributed by atoms with E-state index in [2.05, 4.69) is 22.5 Å². The average Bonchev–Trinajstić information content (AvgIpc) is 2.60. The van der Waals surface area contributed by atoms with Crippen molar-refractivity contribution < 1.29 is 9.53 Å². The third kappa shape index (κ3) is 4.98. The van der Waals surface area contributed by atoms with Crippen molar-refractivity contribution in [1.82, 2.24) is 10.3 Å². The molecular weight excluding hydrogens is 290 g/mol. The maximum Gasteiger partial charge on any atom is 0.269 e. The Morgan fingerprint density at radius 2 is 2.09 bits per heavy atom. The molecule has 5 nitrogen and oxygen atoms in total. The van der Waals surface area contributed by atoms with Gasteiger partial charge in [0.15, 0.2) is 0 Å². The number of para-hydroxylation sites is 1. The molecule has 23 heavy (non-hydrogen) atoms. The highest BCUT2D eigenvalue weighted by Crippen LogP contribution is 2.19. The zero-order valence-corrected chi connectivity index (χ0v) is 13.6. The lowest BCUT2D eigenvalue weighted by Crippen LogP contribution is -2.25. The van der Waals surface area contributed by atoms with E-state index in [1.165, 1.54) is 0 Å². The minimum atomic E-state index is -0.139. The standard InChI is InChI=1S/C18H23N3O2/c1-3-4-10-20-18(22)16-12-15(9-11-19-16)21-13-14-7-5-6-8-17(14)23-2/h5-9,11-12H,3-4,10,13H2,1-2H3,(H,19,21)(H,20,22). The van der Waals surface area contributed by atoms with Crippen molar-refractivity contribution in [2.75, 3.05) is 19.0 Å². The fourth-order valence-electron chi connectivity index (χ4n) is 2.18. The van der Waals surface area contributed by atoms with Crippen molar-refractivity contribution in [1.29, 1.82) is 0 Å². The molecule has 2 rings (SSSR count). The van der Waals surface area contributed by atoms with Gasteiger partial charge in [-0.1, -0.05) is 31.5 Å². The number of methoxy groups -OCH3 is 1. The first kappa shape index (κ1) is 16.8. The molecule has 122 valence electrons. The van der Waals surface area contributed by atoms with Crippen LogP contribution in [0, 0.1) is 0 Å². The minimum Gasteiger partial charge on any atom is -0.496 e. The van der Waals surface area contributed by atoms with Crippen LogP contribution < -0.4 is 15.4 Å². The van der Waals surface area contributed by atoms with E-state index in [9.17, 15) is 4.79 Å². The molecule has 0 saturated carbocycles. The fraction of sp³-hybridized carbons (Fsp3) is 0.333. The summed E-state index contributed by atoms with van der Waals surface area (Å²) in [5, 5.41) is 6.17. The molecule has 0 aliphatic carbocycles. The predicted molar refractivity (Wildman–Crippen MR) is 91.8 cm³/mol. The van der Waals surface area contributed by atoms with Crippen LogP contribution in [-0.2, 0) is 6.54 Å². The van der Waals surface area contributed by atoms with Crippen molar-refractivity contribution in [3.63, 3.8) is 0 Å². The Bertz CT molecular complexity index is 644. The van der Waals surface area contributed by atoms with Crippen LogP contribution in [0.4, 0.5) is 5.69 Å². The van der Waals surface area contributed by atoms with Crippen LogP contribution >= 0.6 is 0 Å². The van der Waals surface area contributed by atoms with Crippen LogP contribution in [-0.4, -0.2) is 24.5 Å². The number of rotatable bonds is 8. The van der Waals surface area contributed by atoms with E-state index in [-0.39, 0.29) is 5.91 Å². The summed E-state index contributed by atoms with van der Waals surface area (Å²) >= 11 is 0. The third-order valence-corrected chi connectivity index (χ3v) is 3.48. The summed E-state index contributed by atoms with van der Waals surface area (Å²) in [6, 6.07) is 11.4. The highest BCUT2D eigenvalue weighted by Gasteiger charge is 2.07. The Hall–Kier alpha value is -2.56. The summed E-state index contributed by atoms with van der Waals surface area (Å²) in [6.07, 6.45) is 3.66. The molecule has 0 spiro atoms. The molecule has 2 N–H and O–H groups in total. The van der Waals surface area contributed by atoms with Gasteiger partial charge in [-0.15, -0.1) is 0 Å². The van der Waals surface area contributed by atoms with Crippen LogP contribution in [0.1, 0.15) is 35.8 Å². The second-order valence-electron chi connectivity index (χ2n) is 5.20. The van der Waals surface area contributed by atoms with Gasteiger partial charge in [-0.2, -0.15) is 0 Å². The van der Waals surface area contributed by atoms with Gasteiger partial charge in [0.05, 0.1) is 7.11 Å². The summed E-state index contributed by atoms with van der Waals surface area (Å²) in [7, 11) is 1.66. The van der Waals surface area contributed by atoms with Crippen molar-refractivity contribution in [2.45, 2.75) is 26.3 Å². The number of nitrogens with zero attached hydrogens (tertiary/aromatic N) is 1. The van der Waals surface area contributed by atoms with Crippen LogP contribution in [0.25, 0.3) is 0 Å². The number of amides is 1. The van der Waals surface area contributed by atoms with Gasteiger partial charge < -0.3 is 15.4 Å². The molecule has 0 unspecified atom stereocenters. The van der Waals surface area contributed by atoms with E-state index >= 15 is 0 Å². The van der Waals surface area contributed by atoms with Gasteiger partial charge in [0.2, 0.25) is 0 Å². The Morgan fingerprint density at radius 3 is 2.87 bits per heavy atom. The van der Waals surface area contributed by atoms with Gasteiger partial charge in [-0.05, 0) is 24.6 Å². The number of carbonyl (C=O) groups excluding carboxylic acids is 1. The first-order chi connectivity index (χ1) is 11.2. The Morgan fingerprint density at radius 1 is 1.26 bits per heavy atom. The maximum absolute atomic E-state index is 12.0. The molecule has 1 aromatic carbocycles. The van der Waals surface area contributed by atoms with Crippen LogP contribution in [0.2, 0.25) is 0 Å². The third-order valence-electron chi connectivity index (χ3n) is 3.48. The van der Waals surface area contributed by atoms with E-state index in [1.807, 2.05) is 30.3 Å². The van der Waals surface area contributed by atoms with Gasteiger partial charge in [0.25, 0.3) is 5.91 Å². The molecule has 5 heteroatoms. The van der Waals surface area contributed by atoms with Crippen molar-refractivity contribution in [3.8, 4) is 5.75 Å². The molecule has 0 aliphatic heterocycles. The number of benzene rings is 1. The Balaban J connectivity index is 1.98. The van der Waals surface area contributed by atoms with E-state index in [0.29, 0.717) is 18.8 Å². The van der Waals surface area contributed by atoms with Crippen molar-refractivity contribution >= 4 is 11.6 Å². The van der Waals surface area contributed by atoms with Crippen LogP contribution in [0.15, 0.2) is 42.6 Å². The lowest BCUT2D eigenvalue weighted by atomic mass is 10.2. The van der Waals surface area contributed by atoms with Gasteiger partial charge >= 0.3 is 0 Å². The van der Waals surface area contributed by atoms with E-state index in [4.69, 9.17) is 4.74 Å². The topological polar surface area (TPSA) is 63.2 Å². The number of carbonyl (C=O) groups is 1. The molecule has 2 aromatic rings. The fourth-order valence-corrected chi connectivity index (χ4v) is 2.18. The summed E-state index contributed by atoms with van der Waals surface area (Å²) in [4.78, 5) is 16.2. The number of anilines is 1. The molecule has 0 radical (unpaired) electrons.